The molecule has 1 amide bonds. The van der Waals surface area contributed by atoms with E-state index in [2.05, 4.69) is 15.9 Å². The zero-order chi connectivity index (χ0) is 21.7. The van der Waals surface area contributed by atoms with E-state index >= 15 is 0 Å². The Morgan fingerprint density at radius 1 is 1.03 bits per heavy atom. The Kier molecular flexibility index (Phi) is 4.74. The monoisotopic (exact) mass is 477 g/mol. The van der Waals surface area contributed by atoms with E-state index in [-0.39, 0.29) is 28.9 Å². The number of hydrogen-bond acceptors (Lipinski definition) is 3. The number of fused-ring (bicyclic) bond motifs is 2. The molecule has 0 saturated carbocycles. The van der Waals surface area contributed by atoms with E-state index in [0.717, 1.165) is 15.6 Å². The van der Waals surface area contributed by atoms with Crippen molar-refractivity contribution >= 4 is 32.8 Å². The maximum atomic E-state index is 14.9. The Morgan fingerprint density at radius 2 is 1.77 bits per heavy atom. The number of hydrogen-bond donors (Lipinski definition) is 0. The Bertz CT molecular complexity index is 1390. The third-order valence-corrected chi connectivity index (χ3v) is 6.09. The first-order valence-electron chi connectivity index (χ1n) is 9.81. The van der Waals surface area contributed by atoms with Crippen LogP contribution in [0.1, 0.15) is 38.9 Å². The normalized spacial score (nSPS) is 15.5. The molecule has 3 aromatic carbocycles. The second kappa shape index (κ2) is 7.46. The zero-order valence-corrected chi connectivity index (χ0v) is 18.1. The van der Waals surface area contributed by atoms with Crippen LogP contribution in [0.5, 0.6) is 0 Å². The first-order valence-corrected chi connectivity index (χ1v) is 10.6. The molecule has 1 atom stereocenters. The van der Waals surface area contributed by atoms with Crippen LogP contribution in [0.3, 0.4) is 0 Å². The van der Waals surface area contributed by atoms with Crippen molar-refractivity contribution in [1.29, 1.82) is 0 Å². The van der Waals surface area contributed by atoms with Crippen LogP contribution < -0.4 is 5.43 Å². The van der Waals surface area contributed by atoms with Gasteiger partial charge in [-0.3, -0.25) is 9.59 Å². The summed E-state index contributed by atoms with van der Waals surface area (Å²) in [6.45, 7) is 2.21. The molecular formula is C25H17BrFNO3. The Hall–Kier alpha value is -3.25. The van der Waals surface area contributed by atoms with Gasteiger partial charge in [-0.1, -0.05) is 64.0 Å². The van der Waals surface area contributed by atoms with E-state index in [1.54, 1.807) is 36.4 Å². The molecule has 0 radical (unpaired) electrons. The molecule has 6 heteroatoms. The first kappa shape index (κ1) is 19.7. The van der Waals surface area contributed by atoms with Gasteiger partial charge >= 0.3 is 0 Å². The van der Waals surface area contributed by atoms with Gasteiger partial charge in [0.15, 0.2) is 5.43 Å². The Morgan fingerprint density at radius 3 is 2.52 bits per heavy atom. The Labute approximate surface area is 186 Å². The average molecular weight is 478 g/mol. The fourth-order valence-electron chi connectivity index (χ4n) is 4.07. The fraction of sp³-hybridized carbons (Fsp3) is 0.120. The number of benzene rings is 3. The molecule has 1 aliphatic heterocycles. The lowest BCUT2D eigenvalue weighted by atomic mass is 9.97. The van der Waals surface area contributed by atoms with Crippen LogP contribution in [0.15, 0.2) is 80.4 Å². The molecule has 0 aliphatic carbocycles. The third-order valence-electron chi connectivity index (χ3n) is 5.60. The van der Waals surface area contributed by atoms with Crippen LogP contribution in [0, 0.1) is 12.7 Å². The molecule has 4 aromatic rings. The highest BCUT2D eigenvalue weighted by atomic mass is 79.9. The SMILES string of the molecule is Cc1ccc(CN2C(=O)c3oc4ccc(Br)cc4c(=O)c3C2c2ccccc2F)cc1. The van der Waals surface area contributed by atoms with E-state index in [1.165, 1.54) is 11.0 Å². The van der Waals surface area contributed by atoms with E-state index < -0.39 is 17.8 Å². The summed E-state index contributed by atoms with van der Waals surface area (Å²) in [6.07, 6.45) is 0. The molecule has 1 unspecified atom stereocenters. The van der Waals surface area contributed by atoms with Gasteiger partial charge in [0.1, 0.15) is 11.4 Å². The van der Waals surface area contributed by atoms with Crippen LogP contribution in [-0.2, 0) is 6.54 Å². The van der Waals surface area contributed by atoms with E-state index in [4.69, 9.17) is 4.42 Å². The van der Waals surface area contributed by atoms with Crippen LogP contribution in [0.4, 0.5) is 4.39 Å². The molecule has 0 N–H and O–H groups in total. The van der Waals surface area contributed by atoms with Crippen molar-refractivity contribution in [1.82, 2.24) is 4.90 Å². The summed E-state index contributed by atoms with van der Waals surface area (Å²) < 4.78 is 21.5. The molecule has 154 valence electrons. The van der Waals surface area contributed by atoms with Crippen LogP contribution in [-0.4, -0.2) is 10.8 Å². The van der Waals surface area contributed by atoms with Gasteiger partial charge in [0.2, 0.25) is 5.76 Å². The molecule has 5 rings (SSSR count). The molecule has 0 fully saturated rings. The van der Waals surface area contributed by atoms with Crippen LogP contribution >= 0.6 is 15.9 Å². The molecule has 31 heavy (non-hydrogen) atoms. The molecule has 1 aliphatic rings. The van der Waals surface area contributed by atoms with Gasteiger partial charge in [-0.25, -0.2) is 4.39 Å². The van der Waals surface area contributed by atoms with Crippen LogP contribution in [0.2, 0.25) is 0 Å². The lowest BCUT2D eigenvalue weighted by Gasteiger charge is -2.25. The van der Waals surface area contributed by atoms with Crippen molar-refractivity contribution in [2.45, 2.75) is 19.5 Å². The minimum Gasteiger partial charge on any atom is -0.450 e. The molecule has 1 aromatic heterocycles. The standard InChI is InChI=1S/C25H17BrFNO3/c1-14-6-8-15(9-7-14)13-28-22(17-4-2-3-5-19(17)27)21-23(29)18-12-16(26)10-11-20(18)31-24(21)25(28)30/h2-12,22H,13H2,1H3. The number of aryl methyl sites for hydroxylation is 1. The predicted molar refractivity (Wildman–Crippen MR) is 119 cm³/mol. The highest BCUT2D eigenvalue weighted by Crippen LogP contribution is 2.40. The highest BCUT2D eigenvalue weighted by Gasteiger charge is 2.43. The predicted octanol–water partition coefficient (Wildman–Crippen LogP) is 5.75. The second-order valence-electron chi connectivity index (χ2n) is 7.66. The summed E-state index contributed by atoms with van der Waals surface area (Å²) in [6, 6.07) is 18.2. The summed E-state index contributed by atoms with van der Waals surface area (Å²) in [5.41, 5.74) is 2.42. The number of carbonyl (C=O) groups excluding carboxylic acids is 1. The van der Waals surface area contributed by atoms with Crippen molar-refractivity contribution in [2.75, 3.05) is 0 Å². The summed E-state index contributed by atoms with van der Waals surface area (Å²) in [4.78, 5) is 28.4. The van der Waals surface area contributed by atoms with Crippen molar-refractivity contribution in [2.24, 2.45) is 0 Å². The molecule has 4 nitrogen and oxygen atoms in total. The van der Waals surface area contributed by atoms with Gasteiger partial charge in [0.25, 0.3) is 5.91 Å². The maximum absolute atomic E-state index is 14.9. The van der Waals surface area contributed by atoms with E-state index in [0.29, 0.717) is 11.0 Å². The quantitative estimate of drug-likeness (QED) is 0.377. The van der Waals surface area contributed by atoms with Crippen LogP contribution in [0.25, 0.3) is 11.0 Å². The van der Waals surface area contributed by atoms with Gasteiger partial charge in [0.05, 0.1) is 17.0 Å². The zero-order valence-electron chi connectivity index (χ0n) is 16.6. The van der Waals surface area contributed by atoms with Gasteiger partial charge in [-0.05, 0) is 36.8 Å². The fourth-order valence-corrected chi connectivity index (χ4v) is 4.43. The van der Waals surface area contributed by atoms with E-state index in [9.17, 15) is 14.0 Å². The van der Waals surface area contributed by atoms with Gasteiger partial charge < -0.3 is 9.32 Å². The van der Waals surface area contributed by atoms with Gasteiger partial charge in [-0.2, -0.15) is 0 Å². The maximum Gasteiger partial charge on any atom is 0.291 e. The average Bonchev–Trinajstić information content (AvgIpc) is 3.03. The highest BCUT2D eigenvalue weighted by molar-refractivity contribution is 9.10. The summed E-state index contributed by atoms with van der Waals surface area (Å²) in [5.74, 6) is -0.929. The summed E-state index contributed by atoms with van der Waals surface area (Å²) >= 11 is 3.37. The van der Waals surface area contributed by atoms with Crippen molar-refractivity contribution in [3.05, 3.63) is 115 Å². The van der Waals surface area contributed by atoms with Crippen molar-refractivity contribution in [3.8, 4) is 0 Å². The first-order chi connectivity index (χ1) is 14.9. The smallest absolute Gasteiger partial charge is 0.291 e. The lowest BCUT2D eigenvalue weighted by molar-refractivity contribution is 0.0712. The van der Waals surface area contributed by atoms with Gasteiger partial charge in [-0.15, -0.1) is 0 Å². The number of carbonyl (C=O) groups is 1. The third kappa shape index (κ3) is 3.27. The largest absolute Gasteiger partial charge is 0.450 e. The minimum absolute atomic E-state index is 0.0276. The number of halogens is 2. The summed E-state index contributed by atoms with van der Waals surface area (Å²) in [5, 5.41) is 0.347. The Balaban J connectivity index is 1.74. The van der Waals surface area contributed by atoms with E-state index in [1.807, 2.05) is 31.2 Å². The topological polar surface area (TPSA) is 50.5 Å². The molecule has 0 spiro atoms. The van der Waals surface area contributed by atoms with Crippen molar-refractivity contribution in [3.63, 3.8) is 0 Å². The summed E-state index contributed by atoms with van der Waals surface area (Å²) in [7, 11) is 0. The molecule has 2 heterocycles. The number of nitrogens with zero attached hydrogens (tertiary/aromatic N) is 1. The number of rotatable bonds is 3. The number of amides is 1. The molecule has 0 saturated heterocycles. The second-order valence-corrected chi connectivity index (χ2v) is 8.57. The molecular weight excluding hydrogens is 461 g/mol. The van der Waals surface area contributed by atoms with Crippen molar-refractivity contribution < 1.29 is 13.6 Å². The van der Waals surface area contributed by atoms with Gasteiger partial charge in [0, 0.05) is 16.6 Å². The minimum atomic E-state index is -0.871. The lowest BCUT2D eigenvalue weighted by Crippen LogP contribution is -2.29. The molecule has 0 bridgehead atoms.